The molecule has 0 radical (unpaired) electrons. The number of thiocarbonyl (C=S) groups is 1. The Morgan fingerprint density at radius 1 is 1.28 bits per heavy atom. The number of carbonyl (C=O) groups excluding carboxylic acids is 1. The van der Waals surface area contributed by atoms with Crippen LogP contribution < -0.4 is 11.1 Å². The monoisotopic (exact) mass is 268 g/mol. The number of carbonyl (C=O) groups is 1. The minimum Gasteiger partial charge on any atom is -0.391 e. The third kappa shape index (κ3) is 2.68. The highest BCUT2D eigenvalue weighted by Crippen LogP contribution is 2.49. The van der Waals surface area contributed by atoms with Gasteiger partial charge in [-0.25, -0.2) is 0 Å². The summed E-state index contributed by atoms with van der Waals surface area (Å²) in [6.45, 7) is 4.07. The largest absolute Gasteiger partial charge is 0.391 e. The first-order valence-corrected chi connectivity index (χ1v) is 7.56. The quantitative estimate of drug-likeness (QED) is 0.697. The highest BCUT2D eigenvalue weighted by Gasteiger charge is 2.47. The summed E-state index contributed by atoms with van der Waals surface area (Å²) in [4.78, 5) is 12.9. The van der Waals surface area contributed by atoms with E-state index in [-0.39, 0.29) is 11.8 Å². The molecule has 1 amide bonds. The lowest BCUT2D eigenvalue weighted by Crippen LogP contribution is -2.57. The van der Waals surface area contributed by atoms with Crippen LogP contribution in [0.5, 0.6) is 0 Å². The molecule has 0 aromatic rings. The molecular formula is C14H24N2OS. The predicted octanol–water partition coefficient (Wildman–Crippen LogP) is 2.38. The molecule has 0 spiro atoms. The summed E-state index contributed by atoms with van der Waals surface area (Å²) in [5, 5.41) is 3.17. The van der Waals surface area contributed by atoms with E-state index in [4.69, 9.17) is 18.0 Å². The van der Waals surface area contributed by atoms with Crippen LogP contribution in [-0.2, 0) is 4.79 Å². The first-order valence-electron chi connectivity index (χ1n) is 7.16. The van der Waals surface area contributed by atoms with E-state index in [1.807, 2.05) is 13.8 Å². The van der Waals surface area contributed by atoms with Crippen molar-refractivity contribution in [2.45, 2.75) is 57.9 Å². The number of hydrogen-bond donors (Lipinski definition) is 2. The van der Waals surface area contributed by atoms with E-state index in [9.17, 15) is 4.79 Å². The minimum absolute atomic E-state index is 0.191. The molecule has 0 atom stereocenters. The van der Waals surface area contributed by atoms with Crippen LogP contribution in [0, 0.1) is 17.8 Å². The average molecular weight is 268 g/mol. The van der Waals surface area contributed by atoms with Crippen molar-refractivity contribution in [2.24, 2.45) is 23.5 Å². The summed E-state index contributed by atoms with van der Waals surface area (Å²) in [6, 6.07) is 0. The van der Waals surface area contributed by atoms with Gasteiger partial charge in [-0.2, -0.15) is 0 Å². The zero-order valence-corrected chi connectivity index (χ0v) is 12.2. The van der Waals surface area contributed by atoms with Gasteiger partial charge in [0.1, 0.15) is 0 Å². The lowest BCUT2D eigenvalue weighted by atomic mass is 9.89. The van der Waals surface area contributed by atoms with Gasteiger partial charge in [0, 0.05) is 5.92 Å². The molecule has 0 aliphatic heterocycles. The van der Waals surface area contributed by atoms with Crippen molar-refractivity contribution in [3.63, 3.8) is 0 Å². The molecule has 2 fully saturated rings. The van der Waals surface area contributed by atoms with E-state index in [1.165, 1.54) is 25.7 Å². The molecule has 3 nitrogen and oxygen atoms in total. The number of rotatable bonds is 7. The van der Waals surface area contributed by atoms with E-state index in [1.54, 1.807) is 0 Å². The number of nitrogens with two attached hydrogens (primary N) is 1. The highest BCUT2D eigenvalue weighted by atomic mass is 32.1. The summed E-state index contributed by atoms with van der Waals surface area (Å²) in [7, 11) is 0. The summed E-state index contributed by atoms with van der Waals surface area (Å²) >= 11 is 5.16. The second-order valence-electron chi connectivity index (χ2n) is 5.84. The van der Waals surface area contributed by atoms with E-state index < -0.39 is 5.54 Å². The zero-order valence-electron chi connectivity index (χ0n) is 11.4. The van der Waals surface area contributed by atoms with E-state index in [0.29, 0.717) is 16.8 Å². The Labute approximate surface area is 115 Å². The van der Waals surface area contributed by atoms with Crippen LogP contribution in [-0.4, -0.2) is 16.4 Å². The lowest BCUT2D eigenvalue weighted by Gasteiger charge is -2.33. The van der Waals surface area contributed by atoms with Crippen molar-refractivity contribution in [3.8, 4) is 0 Å². The molecule has 0 heterocycles. The normalized spacial score (nSPS) is 19.9. The molecule has 18 heavy (non-hydrogen) atoms. The summed E-state index contributed by atoms with van der Waals surface area (Å²) in [5.41, 5.74) is 5.36. The summed E-state index contributed by atoms with van der Waals surface area (Å²) in [6.07, 6.45) is 6.40. The van der Waals surface area contributed by atoms with Gasteiger partial charge in [0.25, 0.3) is 0 Å². The second kappa shape index (κ2) is 5.16. The van der Waals surface area contributed by atoms with Crippen LogP contribution in [0.2, 0.25) is 0 Å². The third-order valence-corrected chi connectivity index (χ3v) is 4.99. The van der Waals surface area contributed by atoms with Crippen LogP contribution in [0.25, 0.3) is 0 Å². The van der Waals surface area contributed by atoms with Gasteiger partial charge in [-0.05, 0) is 50.4 Å². The lowest BCUT2D eigenvalue weighted by molar-refractivity contribution is -0.127. The van der Waals surface area contributed by atoms with E-state index >= 15 is 0 Å². The molecule has 0 aromatic carbocycles. The first kappa shape index (κ1) is 13.8. The minimum atomic E-state index is -0.478. The average Bonchev–Trinajstić information content (AvgIpc) is 3.19. The fraction of sp³-hybridized carbons (Fsp3) is 0.857. The number of nitrogens with one attached hydrogen (secondary N) is 1. The molecular weight excluding hydrogens is 244 g/mol. The number of hydrogen-bond acceptors (Lipinski definition) is 2. The predicted molar refractivity (Wildman–Crippen MR) is 77.2 cm³/mol. The van der Waals surface area contributed by atoms with Crippen LogP contribution in [0.15, 0.2) is 0 Å². The molecule has 102 valence electrons. The molecule has 3 N–H and O–H groups in total. The Morgan fingerprint density at radius 3 is 2.00 bits per heavy atom. The summed E-state index contributed by atoms with van der Waals surface area (Å²) in [5.74, 6) is 1.65. The SMILES string of the molecule is CCC(CC)(NC(=O)C(C1CC1)C1CC1)C(N)=S. The van der Waals surface area contributed by atoms with E-state index in [2.05, 4.69) is 5.32 Å². The summed E-state index contributed by atoms with van der Waals surface area (Å²) < 4.78 is 0. The van der Waals surface area contributed by atoms with Crippen LogP contribution in [0.4, 0.5) is 0 Å². The van der Waals surface area contributed by atoms with Crippen molar-refractivity contribution in [2.75, 3.05) is 0 Å². The first-order chi connectivity index (χ1) is 8.54. The molecule has 0 aromatic heterocycles. The van der Waals surface area contributed by atoms with Gasteiger partial charge in [-0.1, -0.05) is 26.1 Å². The van der Waals surface area contributed by atoms with E-state index in [0.717, 1.165) is 12.8 Å². The van der Waals surface area contributed by atoms with Gasteiger partial charge < -0.3 is 11.1 Å². The fourth-order valence-electron chi connectivity index (χ4n) is 2.88. The van der Waals surface area contributed by atoms with Crippen LogP contribution in [0.1, 0.15) is 52.4 Å². The smallest absolute Gasteiger partial charge is 0.224 e. The van der Waals surface area contributed by atoms with Crippen molar-refractivity contribution in [3.05, 3.63) is 0 Å². The fourth-order valence-corrected chi connectivity index (χ4v) is 3.22. The van der Waals surface area contributed by atoms with Crippen molar-refractivity contribution >= 4 is 23.1 Å². The molecule has 2 aliphatic rings. The Bertz CT molecular complexity index is 332. The molecule has 2 aliphatic carbocycles. The molecule has 4 heteroatoms. The van der Waals surface area contributed by atoms with Gasteiger partial charge in [-0.3, -0.25) is 4.79 Å². The Balaban J connectivity index is 2.05. The zero-order chi connectivity index (χ0) is 13.3. The molecule has 2 saturated carbocycles. The Kier molecular flexibility index (Phi) is 3.95. The third-order valence-electron chi connectivity index (χ3n) is 4.60. The molecule has 2 rings (SSSR count). The van der Waals surface area contributed by atoms with Gasteiger partial charge in [-0.15, -0.1) is 0 Å². The second-order valence-corrected chi connectivity index (χ2v) is 6.28. The number of amides is 1. The standard InChI is InChI=1S/C14H24N2OS/c1-3-14(4-2,13(15)18)16-12(17)11(9-5-6-9)10-7-8-10/h9-11H,3-8H2,1-2H3,(H2,15,18)(H,16,17). The van der Waals surface area contributed by atoms with Gasteiger partial charge in [0.2, 0.25) is 5.91 Å². The highest BCUT2D eigenvalue weighted by molar-refractivity contribution is 7.80. The molecule has 0 bridgehead atoms. The Morgan fingerprint density at radius 2 is 1.72 bits per heavy atom. The maximum atomic E-state index is 12.5. The molecule has 0 saturated heterocycles. The van der Waals surface area contributed by atoms with Crippen LogP contribution >= 0.6 is 12.2 Å². The maximum absolute atomic E-state index is 12.5. The molecule has 0 unspecified atom stereocenters. The van der Waals surface area contributed by atoms with Crippen molar-refractivity contribution in [1.82, 2.24) is 5.32 Å². The Hall–Kier alpha value is -0.640. The van der Waals surface area contributed by atoms with Crippen molar-refractivity contribution in [1.29, 1.82) is 0 Å². The van der Waals surface area contributed by atoms with Crippen LogP contribution in [0.3, 0.4) is 0 Å². The maximum Gasteiger partial charge on any atom is 0.224 e. The van der Waals surface area contributed by atoms with Crippen molar-refractivity contribution < 1.29 is 4.79 Å². The van der Waals surface area contributed by atoms with Gasteiger partial charge in [0.05, 0.1) is 10.5 Å². The van der Waals surface area contributed by atoms with Gasteiger partial charge >= 0.3 is 0 Å². The topological polar surface area (TPSA) is 55.1 Å². The van der Waals surface area contributed by atoms with Gasteiger partial charge in [0.15, 0.2) is 0 Å².